The van der Waals surface area contributed by atoms with Crippen molar-refractivity contribution < 1.29 is 4.79 Å². The van der Waals surface area contributed by atoms with Crippen molar-refractivity contribution >= 4 is 5.91 Å². The van der Waals surface area contributed by atoms with Crippen LogP contribution >= 0.6 is 0 Å². The van der Waals surface area contributed by atoms with Crippen LogP contribution in [0.1, 0.15) is 59.2 Å². The maximum absolute atomic E-state index is 13.1. The first-order chi connectivity index (χ1) is 12.2. The second-order valence-electron chi connectivity index (χ2n) is 7.07. The van der Waals surface area contributed by atoms with Gasteiger partial charge in [0.25, 0.3) is 5.91 Å². The highest BCUT2D eigenvalue weighted by molar-refractivity contribution is 5.93. The molecule has 4 rings (SSSR count). The molecule has 0 saturated carbocycles. The topological polar surface area (TPSA) is 63.1 Å². The predicted octanol–water partition coefficient (Wildman–Crippen LogP) is 2.27. The number of nitrogens with one attached hydrogen (secondary N) is 1. The van der Waals surface area contributed by atoms with Gasteiger partial charge in [-0.25, -0.2) is 4.68 Å². The molecule has 0 radical (unpaired) electrons. The number of hydrogen-bond acceptors (Lipinski definition) is 4. The SMILES string of the molecule is Cc1c(C(=O)N2CCc3ccccc3C2C)nnn1C1CCNCC1. The Morgan fingerprint density at radius 3 is 2.80 bits per heavy atom. The number of amides is 1. The van der Waals surface area contributed by atoms with Gasteiger partial charge in [0.15, 0.2) is 5.69 Å². The molecular weight excluding hydrogens is 314 g/mol. The van der Waals surface area contributed by atoms with Gasteiger partial charge < -0.3 is 10.2 Å². The first-order valence-corrected chi connectivity index (χ1v) is 9.18. The normalized spacial score (nSPS) is 21.2. The maximum atomic E-state index is 13.1. The molecule has 1 N–H and O–H groups in total. The van der Waals surface area contributed by atoms with E-state index in [4.69, 9.17) is 0 Å². The van der Waals surface area contributed by atoms with Crippen molar-refractivity contribution in [2.24, 2.45) is 0 Å². The van der Waals surface area contributed by atoms with Gasteiger partial charge in [-0.15, -0.1) is 5.10 Å². The summed E-state index contributed by atoms with van der Waals surface area (Å²) in [6.45, 7) is 6.79. The number of rotatable bonds is 2. The van der Waals surface area contributed by atoms with Gasteiger partial charge in [-0.3, -0.25) is 4.79 Å². The molecule has 2 aliphatic rings. The zero-order chi connectivity index (χ0) is 17.4. The predicted molar refractivity (Wildman–Crippen MR) is 95.5 cm³/mol. The van der Waals surface area contributed by atoms with Crippen LogP contribution in [0.15, 0.2) is 24.3 Å². The number of aromatic nitrogens is 3. The highest BCUT2D eigenvalue weighted by Gasteiger charge is 2.31. The Morgan fingerprint density at radius 2 is 2.00 bits per heavy atom. The van der Waals surface area contributed by atoms with Gasteiger partial charge in [-0.2, -0.15) is 0 Å². The molecule has 6 nitrogen and oxygen atoms in total. The monoisotopic (exact) mass is 339 g/mol. The van der Waals surface area contributed by atoms with E-state index in [1.165, 1.54) is 11.1 Å². The zero-order valence-electron chi connectivity index (χ0n) is 14.9. The van der Waals surface area contributed by atoms with Crippen molar-refractivity contribution in [3.63, 3.8) is 0 Å². The van der Waals surface area contributed by atoms with E-state index in [0.717, 1.165) is 44.6 Å². The lowest BCUT2D eigenvalue weighted by Gasteiger charge is -2.35. The summed E-state index contributed by atoms with van der Waals surface area (Å²) in [5.74, 6) is -0.000289. The van der Waals surface area contributed by atoms with E-state index in [0.29, 0.717) is 11.7 Å². The van der Waals surface area contributed by atoms with Crippen molar-refractivity contribution in [1.82, 2.24) is 25.2 Å². The second kappa shape index (κ2) is 6.59. The van der Waals surface area contributed by atoms with E-state index in [-0.39, 0.29) is 11.9 Å². The lowest BCUT2D eigenvalue weighted by Crippen LogP contribution is -2.39. The van der Waals surface area contributed by atoms with Gasteiger partial charge in [-0.1, -0.05) is 29.5 Å². The van der Waals surface area contributed by atoms with Crippen LogP contribution in [-0.4, -0.2) is 45.4 Å². The number of piperidine rings is 1. The molecule has 1 unspecified atom stereocenters. The Kier molecular flexibility index (Phi) is 4.29. The molecule has 1 amide bonds. The quantitative estimate of drug-likeness (QED) is 0.912. The molecule has 1 fully saturated rings. The summed E-state index contributed by atoms with van der Waals surface area (Å²) in [6.07, 6.45) is 2.96. The van der Waals surface area contributed by atoms with E-state index in [1.54, 1.807) is 0 Å². The average Bonchev–Trinajstić information content (AvgIpc) is 3.04. The van der Waals surface area contributed by atoms with Crippen molar-refractivity contribution in [3.8, 4) is 0 Å². The lowest BCUT2D eigenvalue weighted by molar-refractivity contribution is 0.0670. The van der Waals surface area contributed by atoms with Crippen molar-refractivity contribution in [1.29, 1.82) is 0 Å². The van der Waals surface area contributed by atoms with Crippen molar-refractivity contribution in [3.05, 3.63) is 46.8 Å². The number of benzene rings is 1. The van der Waals surface area contributed by atoms with Crippen LogP contribution in [0.5, 0.6) is 0 Å². The molecule has 0 spiro atoms. The van der Waals surface area contributed by atoms with Gasteiger partial charge in [0.2, 0.25) is 0 Å². The summed E-state index contributed by atoms with van der Waals surface area (Å²) in [7, 11) is 0. The minimum atomic E-state index is -0.000289. The van der Waals surface area contributed by atoms with Crippen LogP contribution in [0.2, 0.25) is 0 Å². The number of carbonyl (C=O) groups excluding carboxylic acids is 1. The fourth-order valence-electron chi connectivity index (χ4n) is 4.12. The third-order valence-electron chi connectivity index (χ3n) is 5.64. The standard InChI is InChI=1S/C19H25N5O/c1-13-17-6-4-3-5-15(17)9-12-23(13)19(25)18-14(2)24(22-21-18)16-7-10-20-11-8-16/h3-6,13,16,20H,7-12H2,1-2H3. The molecule has 6 heteroatoms. The van der Waals surface area contributed by atoms with Gasteiger partial charge in [-0.05, 0) is 57.3 Å². The van der Waals surface area contributed by atoms with Gasteiger partial charge in [0.05, 0.1) is 17.8 Å². The van der Waals surface area contributed by atoms with E-state index < -0.39 is 0 Å². The third kappa shape index (κ3) is 2.84. The zero-order valence-corrected chi connectivity index (χ0v) is 14.9. The minimum Gasteiger partial charge on any atom is -0.330 e. The van der Waals surface area contributed by atoms with Crippen molar-refractivity contribution in [2.45, 2.75) is 45.2 Å². The Balaban J connectivity index is 1.58. The maximum Gasteiger partial charge on any atom is 0.276 e. The number of nitrogens with zero attached hydrogens (tertiary/aromatic N) is 4. The molecule has 25 heavy (non-hydrogen) atoms. The molecule has 132 valence electrons. The molecule has 2 aromatic rings. The van der Waals surface area contributed by atoms with E-state index in [2.05, 4.69) is 40.8 Å². The number of hydrogen-bond donors (Lipinski definition) is 1. The van der Waals surface area contributed by atoms with Gasteiger partial charge >= 0.3 is 0 Å². The molecule has 1 saturated heterocycles. The highest BCUT2D eigenvalue weighted by atomic mass is 16.2. The van der Waals surface area contributed by atoms with Crippen LogP contribution in [0.25, 0.3) is 0 Å². The Labute approximate surface area is 148 Å². The van der Waals surface area contributed by atoms with E-state index in [9.17, 15) is 4.79 Å². The van der Waals surface area contributed by atoms with Crippen LogP contribution < -0.4 is 5.32 Å². The minimum absolute atomic E-state index is 0.000289. The largest absolute Gasteiger partial charge is 0.330 e. The summed E-state index contributed by atoms with van der Waals surface area (Å²) >= 11 is 0. The molecule has 0 bridgehead atoms. The molecular formula is C19H25N5O. The summed E-state index contributed by atoms with van der Waals surface area (Å²) < 4.78 is 1.95. The molecule has 1 atom stereocenters. The molecule has 3 heterocycles. The fourth-order valence-corrected chi connectivity index (χ4v) is 4.12. The molecule has 1 aromatic heterocycles. The summed E-state index contributed by atoms with van der Waals surface area (Å²) in [6, 6.07) is 8.81. The number of fused-ring (bicyclic) bond motifs is 1. The Bertz CT molecular complexity index is 778. The first kappa shape index (κ1) is 16.3. The van der Waals surface area contributed by atoms with Crippen LogP contribution in [-0.2, 0) is 6.42 Å². The fraction of sp³-hybridized carbons (Fsp3) is 0.526. The highest BCUT2D eigenvalue weighted by Crippen LogP contribution is 2.31. The Morgan fingerprint density at radius 1 is 1.24 bits per heavy atom. The smallest absolute Gasteiger partial charge is 0.276 e. The van der Waals surface area contributed by atoms with Gasteiger partial charge in [0, 0.05) is 6.54 Å². The first-order valence-electron chi connectivity index (χ1n) is 9.18. The van der Waals surface area contributed by atoms with E-state index in [1.807, 2.05) is 22.6 Å². The second-order valence-corrected chi connectivity index (χ2v) is 7.07. The van der Waals surface area contributed by atoms with Crippen molar-refractivity contribution in [2.75, 3.05) is 19.6 Å². The molecule has 0 aliphatic carbocycles. The van der Waals surface area contributed by atoms with Crippen LogP contribution in [0, 0.1) is 6.92 Å². The van der Waals surface area contributed by atoms with E-state index >= 15 is 0 Å². The summed E-state index contributed by atoms with van der Waals surface area (Å²) in [4.78, 5) is 15.1. The summed E-state index contributed by atoms with van der Waals surface area (Å²) in [5.41, 5.74) is 3.98. The number of carbonyl (C=O) groups is 1. The van der Waals surface area contributed by atoms with Gasteiger partial charge in [0.1, 0.15) is 0 Å². The third-order valence-corrected chi connectivity index (χ3v) is 5.64. The van der Waals surface area contributed by atoms with Crippen LogP contribution in [0.3, 0.4) is 0 Å². The molecule has 2 aliphatic heterocycles. The lowest BCUT2D eigenvalue weighted by atomic mass is 9.93. The van der Waals surface area contributed by atoms with Crippen LogP contribution in [0.4, 0.5) is 0 Å². The summed E-state index contributed by atoms with van der Waals surface area (Å²) in [5, 5.41) is 11.9. The molecule has 1 aromatic carbocycles. The average molecular weight is 339 g/mol. The Hall–Kier alpha value is -2.21.